The summed E-state index contributed by atoms with van der Waals surface area (Å²) in [7, 11) is 0. The zero-order chi connectivity index (χ0) is 13.5. The summed E-state index contributed by atoms with van der Waals surface area (Å²) < 4.78 is 0. The molecule has 2 aromatic rings. The van der Waals surface area contributed by atoms with Gasteiger partial charge in [0.1, 0.15) is 0 Å². The lowest BCUT2D eigenvalue weighted by molar-refractivity contribution is 0.190. The first-order valence-corrected chi connectivity index (χ1v) is 6.27. The van der Waals surface area contributed by atoms with Gasteiger partial charge in [0, 0.05) is 11.4 Å². The van der Waals surface area contributed by atoms with Gasteiger partial charge in [-0.15, -0.1) is 0 Å². The lowest BCUT2D eigenvalue weighted by Gasteiger charge is -2.18. The summed E-state index contributed by atoms with van der Waals surface area (Å²) in [5, 5.41) is 18.7. The first kappa shape index (κ1) is 13.3. The molecule has 1 atom stereocenters. The summed E-state index contributed by atoms with van der Waals surface area (Å²) in [5.74, 6) is 0. The van der Waals surface area contributed by atoms with Crippen molar-refractivity contribution in [2.24, 2.45) is 0 Å². The van der Waals surface area contributed by atoms with Gasteiger partial charge in [0.15, 0.2) is 5.11 Å². The molecule has 19 heavy (non-hydrogen) atoms. The number of rotatable bonds is 4. The average Bonchev–Trinajstić information content (AvgIpc) is 2.40. The van der Waals surface area contributed by atoms with E-state index in [0.29, 0.717) is 5.11 Å². The molecule has 0 radical (unpaired) electrons. The largest absolute Gasteiger partial charge is 0.356 e. The van der Waals surface area contributed by atoms with E-state index in [9.17, 15) is 5.11 Å². The Hall–Kier alpha value is -2.11. The predicted molar refractivity (Wildman–Crippen MR) is 81.9 cm³/mol. The number of thiocarbonyl (C=S) groups is 1. The molecule has 0 amide bonds. The fourth-order valence-corrected chi connectivity index (χ4v) is 1.77. The smallest absolute Gasteiger partial charge is 0.204 e. The Labute approximate surface area is 117 Å². The molecule has 0 heterocycles. The molecular weight excluding hydrogens is 258 g/mol. The lowest BCUT2D eigenvalue weighted by atomic mass is 10.3. The van der Waals surface area contributed by atoms with Crippen LogP contribution in [0, 0.1) is 0 Å². The molecule has 2 rings (SSSR count). The molecule has 4 nitrogen and oxygen atoms in total. The Morgan fingerprint density at radius 2 is 1.42 bits per heavy atom. The second kappa shape index (κ2) is 6.72. The minimum absolute atomic E-state index is 0.349. The number of anilines is 2. The van der Waals surface area contributed by atoms with Crippen molar-refractivity contribution in [3.63, 3.8) is 0 Å². The van der Waals surface area contributed by atoms with Crippen LogP contribution < -0.4 is 16.0 Å². The van der Waals surface area contributed by atoms with E-state index in [1.807, 2.05) is 60.7 Å². The zero-order valence-corrected chi connectivity index (χ0v) is 11.0. The van der Waals surface area contributed by atoms with E-state index in [4.69, 9.17) is 12.2 Å². The third kappa shape index (κ3) is 4.57. The van der Waals surface area contributed by atoms with Crippen molar-refractivity contribution in [2.45, 2.75) is 6.35 Å². The van der Waals surface area contributed by atoms with Gasteiger partial charge in [-0.05, 0) is 36.5 Å². The second-order valence-corrected chi connectivity index (χ2v) is 4.29. The van der Waals surface area contributed by atoms with E-state index in [2.05, 4.69) is 16.0 Å². The fraction of sp³-hybridized carbons (Fsp3) is 0.0714. The Morgan fingerprint density at radius 1 is 0.895 bits per heavy atom. The molecule has 2 aromatic carbocycles. The normalized spacial score (nSPS) is 11.4. The average molecular weight is 273 g/mol. The molecule has 0 saturated carbocycles. The predicted octanol–water partition coefficient (Wildman–Crippen LogP) is 2.36. The Morgan fingerprint density at radius 3 is 2.00 bits per heavy atom. The number of nitrogens with one attached hydrogen (secondary N) is 3. The fourth-order valence-electron chi connectivity index (χ4n) is 1.54. The van der Waals surface area contributed by atoms with Gasteiger partial charge in [0.05, 0.1) is 0 Å². The van der Waals surface area contributed by atoms with Crippen LogP contribution in [0.4, 0.5) is 11.4 Å². The van der Waals surface area contributed by atoms with E-state index in [1.54, 1.807) is 0 Å². The molecule has 0 fully saturated rings. The van der Waals surface area contributed by atoms with Gasteiger partial charge < -0.3 is 21.1 Å². The highest BCUT2D eigenvalue weighted by Gasteiger charge is 2.05. The molecule has 5 heteroatoms. The summed E-state index contributed by atoms with van der Waals surface area (Å²) in [6.07, 6.45) is -0.953. The van der Waals surface area contributed by atoms with Crippen LogP contribution in [0.5, 0.6) is 0 Å². The van der Waals surface area contributed by atoms with Crippen molar-refractivity contribution < 1.29 is 5.11 Å². The first-order valence-electron chi connectivity index (χ1n) is 5.86. The summed E-state index contributed by atoms with van der Waals surface area (Å²) in [6, 6.07) is 18.9. The van der Waals surface area contributed by atoms with Crippen molar-refractivity contribution in [1.29, 1.82) is 0 Å². The summed E-state index contributed by atoms with van der Waals surface area (Å²) >= 11 is 5.11. The standard InChI is InChI=1S/C14H15N3OS/c18-13(15-11-7-3-1-4-8-11)17-14(19)16-12-9-5-2-6-10-12/h1-10,13,15,18H,(H2,16,17,19). The molecule has 0 spiro atoms. The number of aliphatic hydroxyl groups is 1. The van der Waals surface area contributed by atoms with Crippen molar-refractivity contribution in [2.75, 3.05) is 10.6 Å². The van der Waals surface area contributed by atoms with Gasteiger partial charge in [-0.3, -0.25) is 0 Å². The Kier molecular flexibility index (Phi) is 4.72. The van der Waals surface area contributed by atoms with Gasteiger partial charge in [0.2, 0.25) is 6.35 Å². The van der Waals surface area contributed by atoms with E-state index in [0.717, 1.165) is 11.4 Å². The molecule has 0 aliphatic carbocycles. The van der Waals surface area contributed by atoms with Gasteiger partial charge in [-0.25, -0.2) is 0 Å². The minimum Gasteiger partial charge on any atom is -0.356 e. The van der Waals surface area contributed by atoms with Crippen LogP contribution in [-0.2, 0) is 0 Å². The zero-order valence-electron chi connectivity index (χ0n) is 10.2. The van der Waals surface area contributed by atoms with Crippen molar-refractivity contribution in [3.8, 4) is 0 Å². The molecular formula is C14H15N3OS. The van der Waals surface area contributed by atoms with Gasteiger partial charge in [0.25, 0.3) is 0 Å². The molecule has 0 aromatic heterocycles. The third-order valence-electron chi connectivity index (χ3n) is 2.38. The van der Waals surface area contributed by atoms with E-state index in [-0.39, 0.29) is 0 Å². The number of para-hydroxylation sites is 2. The number of benzene rings is 2. The molecule has 1 unspecified atom stereocenters. The maximum atomic E-state index is 9.80. The summed E-state index contributed by atoms with van der Waals surface area (Å²) in [6.45, 7) is 0. The highest BCUT2D eigenvalue weighted by Crippen LogP contribution is 2.06. The van der Waals surface area contributed by atoms with Crippen LogP contribution in [0.2, 0.25) is 0 Å². The van der Waals surface area contributed by atoms with E-state index >= 15 is 0 Å². The third-order valence-corrected chi connectivity index (χ3v) is 2.60. The van der Waals surface area contributed by atoms with Crippen LogP contribution >= 0.6 is 12.2 Å². The van der Waals surface area contributed by atoms with E-state index < -0.39 is 6.35 Å². The van der Waals surface area contributed by atoms with Gasteiger partial charge >= 0.3 is 0 Å². The quantitative estimate of drug-likeness (QED) is 0.509. The number of hydrogen-bond donors (Lipinski definition) is 4. The Balaban J connectivity index is 1.82. The maximum Gasteiger partial charge on any atom is 0.204 e. The topological polar surface area (TPSA) is 56.3 Å². The number of hydrogen-bond acceptors (Lipinski definition) is 3. The van der Waals surface area contributed by atoms with Crippen LogP contribution in [0.25, 0.3) is 0 Å². The number of aliphatic hydroxyl groups excluding tert-OH is 1. The van der Waals surface area contributed by atoms with Crippen LogP contribution in [-0.4, -0.2) is 16.6 Å². The van der Waals surface area contributed by atoms with Crippen molar-refractivity contribution >= 4 is 28.7 Å². The highest BCUT2D eigenvalue weighted by atomic mass is 32.1. The van der Waals surface area contributed by atoms with Gasteiger partial charge in [-0.1, -0.05) is 36.4 Å². The van der Waals surface area contributed by atoms with Gasteiger partial charge in [-0.2, -0.15) is 0 Å². The van der Waals surface area contributed by atoms with Crippen molar-refractivity contribution in [3.05, 3.63) is 60.7 Å². The highest BCUT2D eigenvalue weighted by molar-refractivity contribution is 7.80. The van der Waals surface area contributed by atoms with Crippen LogP contribution in [0.15, 0.2) is 60.7 Å². The minimum atomic E-state index is -0.953. The molecule has 0 aliphatic rings. The molecule has 0 saturated heterocycles. The summed E-state index contributed by atoms with van der Waals surface area (Å²) in [4.78, 5) is 0. The first-order chi connectivity index (χ1) is 9.24. The second-order valence-electron chi connectivity index (χ2n) is 3.88. The molecule has 4 N–H and O–H groups in total. The van der Waals surface area contributed by atoms with Crippen molar-refractivity contribution in [1.82, 2.24) is 5.32 Å². The summed E-state index contributed by atoms with van der Waals surface area (Å²) in [5.41, 5.74) is 1.68. The lowest BCUT2D eigenvalue weighted by Crippen LogP contribution is -2.42. The molecule has 98 valence electrons. The van der Waals surface area contributed by atoms with Crippen LogP contribution in [0.3, 0.4) is 0 Å². The monoisotopic (exact) mass is 273 g/mol. The molecule has 0 aliphatic heterocycles. The SMILES string of the molecule is OC(NC(=S)Nc1ccccc1)Nc1ccccc1. The van der Waals surface area contributed by atoms with Crippen LogP contribution in [0.1, 0.15) is 0 Å². The molecule has 0 bridgehead atoms. The maximum absolute atomic E-state index is 9.80. The van der Waals surface area contributed by atoms with E-state index in [1.165, 1.54) is 0 Å². The Bertz CT molecular complexity index is 519.